The highest BCUT2D eigenvalue weighted by atomic mass is 16.5. The maximum atomic E-state index is 11.2. The Labute approximate surface area is 120 Å². The third-order valence-corrected chi connectivity index (χ3v) is 2.94. The van der Waals surface area contributed by atoms with Gasteiger partial charge in [0.1, 0.15) is 0 Å². The number of hydrogen-bond donors (Lipinski definition) is 2. The molecule has 0 aliphatic heterocycles. The van der Waals surface area contributed by atoms with Gasteiger partial charge >= 0.3 is 0 Å². The quantitative estimate of drug-likeness (QED) is 0.677. The largest absolute Gasteiger partial charge is 0.493 e. The molecule has 1 aromatic rings. The van der Waals surface area contributed by atoms with Gasteiger partial charge in [-0.05, 0) is 37.1 Å². The first-order valence-electron chi connectivity index (χ1n) is 6.95. The Morgan fingerprint density at radius 2 is 2.10 bits per heavy atom. The van der Waals surface area contributed by atoms with Crippen molar-refractivity contribution in [3.05, 3.63) is 23.8 Å². The number of primary amides is 1. The number of carbonyl (C=O) groups is 1. The lowest BCUT2D eigenvalue weighted by Gasteiger charge is -2.17. The van der Waals surface area contributed by atoms with Gasteiger partial charge in [0.15, 0.2) is 17.6 Å². The van der Waals surface area contributed by atoms with Gasteiger partial charge in [-0.15, -0.1) is 0 Å². The summed E-state index contributed by atoms with van der Waals surface area (Å²) >= 11 is 0. The van der Waals surface area contributed by atoms with E-state index in [2.05, 4.69) is 12.2 Å². The number of carbonyl (C=O) groups excluding carboxylic acids is 1. The molecule has 112 valence electrons. The first-order chi connectivity index (χ1) is 9.62. The molecule has 1 rings (SSSR count). The average molecular weight is 280 g/mol. The molecule has 0 heterocycles. The molecule has 0 bridgehead atoms. The molecule has 0 radical (unpaired) electrons. The smallest absolute Gasteiger partial charge is 0.258 e. The van der Waals surface area contributed by atoms with Crippen molar-refractivity contribution in [3.63, 3.8) is 0 Å². The van der Waals surface area contributed by atoms with Crippen molar-refractivity contribution in [1.82, 2.24) is 5.32 Å². The van der Waals surface area contributed by atoms with E-state index in [4.69, 9.17) is 15.2 Å². The molecule has 0 spiro atoms. The van der Waals surface area contributed by atoms with Gasteiger partial charge in [-0.25, -0.2) is 0 Å². The van der Waals surface area contributed by atoms with E-state index in [0.717, 1.165) is 25.1 Å². The van der Waals surface area contributed by atoms with Gasteiger partial charge < -0.3 is 20.5 Å². The minimum absolute atomic E-state index is 0.469. The summed E-state index contributed by atoms with van der Waals surface area (Å²) in [6, 6.07) is 5.67. The molecule has 5 nitrogen and oxygen atoms in total. The van der Waals surface area contributed by atoms with Crippen LogP contribution in [-0.4, -0.2) is 25.7 Å². The Kier molecular flexibility index (Phi) is 6.87. The van der Waals surface area contributed by atoms with Crippen LogP contribution < -0.4 is 20.5 Å². The Morgan fingerprint density at radius 3 is 2.65 bits per heavy atom. The van der Waals surface area contributed by atoms with Gasteiger partial charge in [0.25, 0.3) is 5.91 Å². The summed E-state index contributed by atoms with van der Waals surface area (Å²) in [7, 11) is 1.58. The molecule has 20 heavy (non-hydrogen) atoms. The summed E-state index contributed by atoms with van der Waals surface area (Å²) < 4.78 is 10.9. The Morgan fingerprint density at radius 1 is 1.35 bits per heavy atom. The van der Waals surface area contributed by atoms with Crippen molar-refractivity contribution >= 4 is 5.91 Å². The zero-order valence-corrected chi connectivity index (χ0v) is 12.4. The highest BCUT2D eigenvalue weighted by molar-refractivity contribution is 5.79. The van der Waals surface area contributed by atoms with E-state index in [1.165, 1.54) is 0 Å². The standard InChI is InChI=1S/C15H24N2O3/c1-4-8-17-10-11-6-7-13(14(9-11)19-3)20-12(5-2)15(16)18/h6-7,9,12,17H,4-5,8,10H2,1-3H3,(H2,16,18). The molecule has 0 fully saturated rings. The topological polar surface area (TPSA) is 73.6 Å². The highest BCUT2D eigenvalue weighted by Crippen LogP contribution is 2.29. The molecule has 0 saturated carbocycles. The minimum Gasteiger partial charge on any atom is -0.493 e. The highest BCUT2D eigenvalue weighted by Gasteiger charge is 2.17. The van der Waals surface area contributed by atoms with Crippen molar-refractivity contribution in [1.29, 1.82) is 0 Å². The van der Waals surface area contributed by atoms with Crippen LogP contribution >= 0.6 is 0 Å². The fraction of sp³-hybridized carbons (Fsp3) is 0.533. The summed E-state index contributed by atoms with van der Waals surface area (Å²) in [5.74, 6) is 0.682. The number of nitrogens with two attached hydrogens (primary N) is 1. The second kappa shape index (κ2) is 8.43. The molecule has 1 unspecified atom stereocenters. The van der Waals surface area contributed by atoms with E-state index in [0.29, 0.717) is 17.9 Å². The summed E-state index contributed by atoms with van der Waals surface area (Å²) in [5.41, 5.74) is 6.39. The number of amides is 1. The van der Waals surface area contributed by atoms with E-state index in [1.807, 2.05) is 25.1 Å². The number of methoxy groups -OCH3 is 1. The Bertz CT molecular complexity index is 435. The number of benzene rings is 1. The van der Waals surface area contributed by atoms with Crippen LogP contribution in [0.1, 0.15) is 32.3 Å². The summed E-state index contributed by atoms with van der Waals surface area (Å²) in [5, 5.41) is 3.32. The Balaban J connectivity index is 2.79. The third-order valence-electron chi connectivity index (χ3n) is 2.94. The van der Waals surface area contributed by atoms with Crippen LogP contribution in [0.4, 0.5) is 0 Å². The summed E-state index contributed by atoms with van der Waals surface area (Å²) in [6.07, 6.45) is 0.987. The van der Waals surface area contributed by atoms with Crippen LogP contribution in [0.25, 0.3) is 0 Å². The zero-order chi connectivity index (χ0) is 15.0. The molecule has 0 saturated heterocycles. The number of rotatable bonds is 9. The second-order valence-corrected chi connectivity index (χ2v) is 4.58. The number of hydrogen-bond acceptors (Lipinski definition) is 4. The fourth-order valence-corrected chi connectivity index (χ4v) is 1.82. The summed E-state index contributed by atoms with van der Waals surface area (Å²) in [6.45, 7) is 5.72. The number of nitrogens with one attached hydrogen (secondary N) is 1. The maximum absolute atomic E-state index is 11.2. The van der Waals surface area contributed by atoms with Gasteiger partial charge in [-0.2, -0.15) is 0 Å². The predicted octanol–water partition coefficient (Wildman–Crippen LogP) is 1.84. The third kappa shape index (κ3) is 4.74. The lowest BCUT2D eigenvalue weighted by atomic mass is 10.2. The first kappa shape index (κ1) is 16.3. The van der Waals surface area contributed by atoms with Gasteiger partial charge in [0.2, 0.25) is 0 Å². The normalized spacial score (nSPS) is 11.9. The lowest BCUT2D eigenvalue weighted by molar-refractivity contribution is -0.124. The van der Waals surface area contributed by atoms with Gasteiger partial charge in [-0.1, -0.05) is 19.9 Å². The van der Waals surface area contributed by atoms with Crippen molar-refractivity contribution in [2.24, 2.45) is 5.73 Å². The van der Waals surface area contributed by atoms with E-state index >= 15 is 0 Å². The van der Waals surface area contributed by atoms with Crippen molar-refractivity contribution < 1.29 is 14.3 Å². The Hall–Kier alpha value is -1.75. The fourth-order valence-electron chi connectivity index (χ4n) is 1.82. The average Bonchev–Trinajstić information content (AvgIpc) is 2.45. The molecule has 1 atom stereocenters. The van der Waals surface area contributed by atoms with Crippen LogP contribution in [0.5, 0.6) is 11.5 Å². The van der Waals surface area contributed by atoms with Gasteiger partial charge in [0.05, 0.1) is 7.11 Å². The van der Waals surface area contributed by atoms with Crippen LogP contribution in [0, 0.1) is 0 Å². The monoisotopic (exact) mass is 280 g/mol. The van der Waals surface area contributed by atoms with E-state index in [9.17, 15) is 4.79 Å². The molecule has 0 aliphatic rings. The molecular weight excluding hydrogens is 256 g/mol. The molecule has 1 amide bonds. The minimum atomic E-state index is -0.632. The lowest BCUT2D eigenvalue weighted by Crippen LogP contribution is -2.33. The van der Waals surface area contributed by atoms with Crippen molar-refractivity contribution in [2.75, 3.05) is 13.7 Å². The molecule has 0 aromatic heterocycles. The van der Waals surface area contributed by atoms with Crippen LogP contribution in [-0.2, 0) is 11.3 Å². The first-order valence-corrected chi connectivity index (χ1v) is 6.95. The number of ether oxygens (including phenoxy) is 2. The molecule has 5 heteroatoms. The summed E-state index contributed by atoms with van der Waals surface area (Å²) in [4.78, 5) is 11.2. The maximum Gasteiger partial charge on any atom is 0.258 e. The van der Waals surface area contributed by atoms with Crippen LogP contribution in [0.3, 0.4) is 0 Å². The van der Waals surface area contributed by atoms with Crippen LogP contribution in [0.2, 0.25) is 0 Å². The van der Waals surface area contributed by atoms with Gasteiger partial charge in [-0.3, -0.25) is 4.79 Å². The van der Waals surface area contributed by atoms with E-state index < -0.39 is 12.0 Å². The second-order valence-electron chi connectivity index (χ2n) is 4.58. The van der Waals surface area contributed by atoms with Crippen LogP contribution in [0.15, 0.2) is 18.2 Å². The molecule has 3 N–H and O–H groups in total. The predicted molar refractivity (Wildman–Crippen MR) is 78.9 cm³/mol. The van der Waals surface area contributed by atoms with E-state index in [1.54, 1.807) is 7.11 Å². The SMILES string of the molecule is CCCNCc1ccc(OC(CC)C(N)=O)c(OC)c1. The van der Waals surface area contributed by atoms with E-state index in [-0.39, 0.29) is 0 Å². The molecular formula is C15H24N2O3. The zero-order valence-electron chi connectivity index (χ0n) is 12.4. The van der Waals surface area contributed by atoms with Gasteiger partial charge in [0, 0.05) is 6.54 Å². The molecule has 0 aliphatic carbocycles. The molecule has 1 aromatic carbocycles. The van der Waals surface area contributed by atoms with Crippen molar-refractivity contribution in [2.45, 2.75) is 39.3 Å². The van der Waals surface area contributed by atoms with Crippen molar-refractivity contribution in [3.8, 4) is 11.5 Å².